The Labute approximate surface area is 105 Å². The SMILES string of the molecule is CCn1ccc(NCc2ccc3c(c2)OCO3)n1. The van der Waals surface area contributed by atoms with Gasteiger partial charge in [0.15, 0.2) is 11.5 Å². The van der Waals surface area contributed by atoms with E-state index in [0.717, 1.165) is 36.0 Å². The molecule has 1 aromatic carbocycles. The molecule has 0 unspecified atom stereocenters. The molecule has 1 aliphatic rings. The van der Waals surface area contributed by atoms with Gasteiger partial charge in [0.05, 0.1) is 0 Å². The van der Waals surface area contributed by atoms with Gasteiger partial charge in [0.25, 0.3) is 0 Å². The van der Waals surface area contributed by atoms with E-state index in [4.69, 9.17) is 9.47 Å². The molecule has 1 aliphatic heterocycles. The predicted octanol–water partition coefficient (Wildman–Crippen LogP) is 2.24. The van der Waals surface area contributed by atoms with Crippen molar-refractivity contribution in [3.63, 3.8) is 0 Å². The Balaban J connectivity index is 1.66. The Bertz CT molecular complexity index is 551. The van der Waals surface area contributed by atoms with Gasteiger partial charge in [0.2, 0.25) is 6.79 Å². The van der Waals surface area contributed by atoms with Gasteiger partial charge in [-0.05, 0) is 24.6 Å². The van der Waals surface area contributed by atoms with Gasteiger partial charge in [-0.15, -0.1) is 0 Å². The van der Waals surface area contributed by atoms with Crippen molar-refractivity contribution in [3.8, 4) is 11.5 Å². The van der Waals surface area contributed by atoms with Crippen LogP contribution in [-0.2, 0) is 13.1 Å². The number of aryl methyl sites for hydroxylation is 1. The summed E-state index contributed by atoms with van der Waals surface area (Å²) in [6.45, 7) is 3.98. The van der Waals surface area contributed by atoms with Crippen molar-refractivity contribution >= 4 is 5.82 Å². The first-order valence-corrected chi connectivity index (χ1v) is 6.01. The zero-order valence-electron chi connectivity index (χ0n) is 10.2. The number of rotatable bonds is 4. The number of hydrogen-bond acceptors (Lipinski definition) is 4. The molecule has 0 saturated carbocycles. The molecule has 3 rings (SSSR count). The van der Waals surface area contributed by atoms with Gasteiger partial charge in [-0.3, -0.25) is 4.68 Å². The van der Waals surface area contributed by atoms with E-state index in [2.05, 4.69) is 17.3 Å². The fourth-order valence-corrected chi connectivity index (χ4v) is 1.88. The molecular weight excluding hydrogens is 230 g/mol. The van der Waals surface area contributed by atoms with Crippen molar-refractivity contribution in [1.82, 2.24) is 9.78 Å². The molecule has 2 aromatic rings. The molecule has 5 heteroatoms. The first-order valence-electron chi connectivity index (χ1n) is 6.01. The Hall–Kier alpha value is -2.17. The van der Waals surface area contributed by atoms with Crippen LogP contribution >= 0.6 is 0 Å². The molecule has 5 nitrogen and oxygen atoms in total. The van der Waals surface area contributed by atoms with Crippen LogP contribution in [-0.4, -0.2) is 16.6 Å². The lowest BCUT2D eigenvalue weighted by molar-refractivity contribution is 0.174. The monoisotopic (exact) mass is 245 g/mol. The van der Waals surface area contributed by atoms with Gasteiger partial charge in [-0.2, -0.15) is 5.10 Å². The van der Waals surface area contributed by atoms with E-state index in [1.807, 2.05) is 35.1 Å². The molecular formula is C13H15N3O2. The predicted molar refractivity (Wildman–Crippen MR) is 67.8 cm³/mol. The first kappa shape index (κ1) is 11.0. The summed E-state index contributed by atoms with van der Waals surface area (Å²) in [6, 6.07) is 7.92. The van der Waals surface area contributed by atoms with Gasteiger partial charge < -0.3 is 14.8 Å². The smallest absolute Gasteiger partial charge is 0.231 e. The number of nitrogens with zero attached hydrogens (tertiary/aromatic N) is 2. The van der Waals surface area contributed by atoms with Crippen molar-refractivity contribution in [1.29, 1.82) is 0 Å². The number of benzene rings is 1. The van der Waals surface area contributed by atoms with Crippen molar-refractivity contribution < 1.29 is 9.47 Å². The van der Waals surface area contributed by atoms with Crippen molar-refractivity contribution in [2.45, 2.75) is 20.0 Å². The zero-order valence-corrected chi connectivity index (χ0v) is 10.2. The van der Waals surface area contributed by atoms with Gasteiger partial charge in [-0.25, -0.2) is 0 Å². The average Bonchev–Trinajstić information content (AvgIpc) is 3.04. The molecule has 0 atom stereocenters. The lowest BCUT2D eigenvalue weighted by atomic mass is 10.2. The van der Waals surface area contributed by atoms with Crippen LogP contribution in [0.4, 0.5) is 5.82 Å². The summed E-state index contributed by atoms with van der Waals surface area (Å²) in [6.07, 6.45) is 1.96. The lowest BCUT2D eigenvalue weighted by Crippen LogP contribution is -2.01. The van der Waals surface area contributed by atoms with Crippen LogP contribution in [0.1, 0.15) is 12.5 Å². The topological polar surface area (TPSA) is 48.3 Å². The fraction of sp³-hybridized carbons (Fsp3) is 0.308. The van der Waals surface area contributed by atoms with Crippen molar-refractivity contribution in [2.75, 3.05) is 12.1 Å². The molecule has 0 amide bonds. The van der Waals surface area contributed by atoms with Gasteiger partial charge in [-0.1, -0.05) is 6.07 Å². The molecule has 0 bridgehead atoms. The second-order valence-corrected chi connectivity index (χ2v) is 4.10. The highest BCUT2D eigenvalue weighted by atomic mass is 16.7. The Morgan fingerprint density at radius 3 is 3.00 bits per heavy atom. The summed E-state index contributed by atoms with van der Waals surface area (Å²) >= 11 is 0. The van der Waals surface area contributed by atoms with Crippen LogP contribution in [0.2, 0.25) is 0 Å². The third-order valence-corrected chi connectivity index (χ3v) is 2.88. The van der Waals surface area contributed by atoms with Gasteiger partial charge in [0, 0.05) is 25.4 Å². The summed E-state index contributed by atoms with van der Waals surface area (Å²) < 4.78 is 12.5. The molecule has 0 radical (unpaired) electrons. The molecule has 0 aliphatic carbocycles. The second-order valence-electron chi connectivity index (χ2n) is 4.10. The third-order valence-electron chi connectivity index (χ3n) is 2.88. The normalized spacial score (nSPS) is 12.7. The van der Waals surface area contributed by atoms with Crippen LogP contribution in [0.15, 0.2) is 30.5 Å². The molecule has 0 saturated heterocycles. The summed E-state index contributed by atoms with van der Waals surface area (Å²) in [4.78, 5) is 0. The van der Waals surface area contributed by atoms with Gasteiger partial charge in [0.1, 0.15) is 5.82 Å². The van der Waals surface area contributed by atoms with Crippen LogP contribution in [0, 0.1) is 0 Å². The standard InChI is InChI=1S/C13H15N3O2/c1-2-16-6-5-13(15-16)14-8-10-3-4-11-12(7-10)18-9-17-11/h3-7H,2,8-9H2,1H3,(H,14,15). The fourth-order valence-electron chi connectivity index (χ4n) is 1.88. The Kier molecular flexibility index (Phi) is 2.80. The van der Waals surface area contributed by atoms with E-state index >= 15 is 0 Å². The van der Waals surface area contributed by atoms with Crippen molar-refractivity contribution in [2.24, 2.45) is 0 Å². The summed E-state index contributed by atoms with van der Waals surface area (Å²) in [7, 11) is 0. The number of ether oxygens (including phenoxy) is 2. The molecule has 2 heterocycles. The molecule has 0 fully saturated rings. The van der Waals surface area contributed by atoms with E-state index in [0.29, 0.717) is 6.79 Å². The number of anilines is 1. The summed E-state index contributed by atoms with van der Waals surface area (Å²) in [5, 5.41) is 7.64. The molecule has 18 heavy (non-hydrogen) atoms. The largest absolute Gasteiger partial charge is 0.454 e. The third kappa shape index (κ3) is 2.11. The average molecular weight is 245 g/mol. The van der Waals surface area contributed by atoms with Crippen LogP contribution < -0.4 is 14.8 Å². The highest BCUT2D eigenvalue weighted by molar-refractivity contribution is 5.45. The Morgan fingerprint density at radius 2 is 2.17 bits per heavy atom. The number of fused-ring (bicyclic) bond motifs is 1. The minimum absolute atomic E-state index is 0.313. The molecule has 1 N–H and O–H groups in total. The minimum atomic E-state index is 0.313. The molecule has 0 spiro atoms. The first-order chi connectivity index (χ1) is 8.85. The quantitative estimate of drug-likeness (QED) is 0.897. The lowest BCUT2D eigenvalue weighted by Gasteiger charge is -2.04. The summed E-state index contributed by atoms with van der Waals surface area (Å²) in [5.74, 6) is 2.51. The maximum absolute atomic E-state index is 5.34. The maximum Gasteiger partial charge on any atom is 0.231 e. The second kappa shape index (κ2) is 4.60. The van der Waals surface area contributed by atoms with E-state index in [1.165, 1.54) is 0 Å². The Morgan fingerprint density at radius 1 is 1.28 bits per heavy atom. The van der Waals surface area contributed by atoms with Crippen LogP contribution in [0.3, 0.4) is 0 Å². The zero-order chi connectivity index (χ0) is 12.4. The number of nitrogens with one attached hydrogen (secondary N) is 1. The molecule has 1 aromatic heterocycles. The van der Waals surface area contributed by atoms with Crippen LogP contribution in [0.25, 0.3) is 0 Å². The van der Waals surface area contributed by atoms with E-state index in [1.54, 1.807) is 0 Å². The highest BCUT2D eigenvalue weighted by Gasteiger charge is 2.12. The number of hydrogen-bond donors (Lipinski definition) is 1. The summed E-state index contributed by atoms with van der Waals surface area (Å²) in [5.41, 5.74) is 1.14. The van der Waals surface area contributed by atoms with Crippen LogP contribution in [0.5, 0.6) is 11.5 Å². The van der Waals surface area contributed by atoms with E-state index < -0.39 is 0 Å². The highest BCUT2D eigenvalue weighted by Crippen LogP contribution is 2.32. The van der Waals surface area contributed by atoms with E-state index in [-0.39, 0.29) is 0 Å². The van der Waals surface area contributed by atoms with Crippen molar-refractivity contribution in [3.05, 3.63) is 36.0 Å². The van der Waals surface area contributed by atoms with Gasteiger partial charge >= 0.3 is 0 Å². The minimum Gasteiger partial charge on any atom is -0.454 e. The number of aromatic nitrogens is 2. The van der Waals surface area contributed by atoms with E-state index in [9.17, 15) is 0 Å². The molecule has 94 valence electrons. The maximum atomic E-state index is 5.34.